The van der Waals surface area contributed by atoms with Crippen LogP contribution in [0.5, 0.6) is 0 Å². The van der Waals surface area contributed by atoms with E-state index in [1.54, 1.807) is 25.0 Å². The quantitative estimate of drug-likeness (QED) is 0.757. The fraction of sp³-hybridized carbons (Fsp3) is 0.615. The van der Waals surface area contributed by atoms with Gasteiger partial charge in [-0.15, -0.1) is 0 Å². The second-order valence-electron chi connectivity index (χ2n) is 4.90. The van der Waals surface area contributed by atoms with Crippen LogP contribution in [0.1, 0.15) is 32.6 Å². The van der Waals surface area contributed by atoms with Gasteiger partial charge in [-0.25, -0.2) is 4.79 Å². The van der Waals surface area contributed by atoms with Crippen LogP contribution in [0.4, 0.5) is 0 Å². The maximum absolute atomic E-state index is 12.3. The summed E-state index contributed by atoms with van der Waals surface area (Å²) in [7, 11) is 3.40. The molecule has 6 heteroatoms. The summed E-state index contributed by atoms with van der Waals surface area (Å²) in [6.07, 6.45) is 5.82. The third-order valence-electron chi connectivity index (χ3n) is 3.36. The molecule has 0 aliphatic rings. The number of nitrogens with zero attached hydrogens (tertiary/aromatic N) is 4. The Morgan fingerprint density at radius 2 is 1.89 bits per heavy atom. The zero-order valence-corrected chi connectivity index (χ0v) is 11.7. The van der Waals surface area contributed by atoms with E-state index in [2.05, 4.69) is 12.0 Å². The van der Waals surface area contributed by atoms with E-state index in [-0.39, 0.29) is 11.2 Å². The van der Waals surface area contributed by atoms with Crippen molar-refractivity contribution in [3.05, 3.63) is 27.0 Å². The van der Waals surface area contributed by atoms with Crippen LogP contribution in [0.3, 0.4) is 0 Å². The lowest BCUT2D eigenvalue weighted by atomic mass is 10.2. The molecule has 0 fully saturated rings. The molecule has 0 aliphatic carbocycles. The number of aromatic nitrogens is 4. The van der Waals surface area contributed by atoms with E-state index < -0.39 is 0 Å². The molecule has 0 radical (unpaired) electrons. The van der Waals surface area contributed by atoms with Crippen LogP contribution in [0.15, 0.2) is 15.8 Å². The first kappa shape index (κ1) is 13.6. The van der Waals surface area contributed by atoms with Gasteiger partial charge in [0.25, 0.3) is 5.56 Å². The van der Waals surface area contributed by atoms with Gasteiger partial charge in [-0.2, -0.15) is 5.10 Å². The molecule has 0 unspecified atom stereocenters. The van der Waals surface area contributed by atoms with Crippen molar-refractivity contribution in [3.8, 4) is 0 Å². The van der Waals surface area contributed by atoms with Gasteiger partial charge in [0.05, 0.1) is 0 Å². The third kappa shape index (κ3) is 2.47. The highest BCUT2D eigenvalue weighted by atomic mass is 16.2. The second-order valence-corrected chi connectivity index (χ2v) is 4.90. The topological polar surface area (TPSA) is 61.8 Å². The Balaban J connectivity index is 2.44. The molecule has 0 amide bonds. The number of unbranched alkanes of at least 4 members (excludes halogenated alkanes) is 3. The first-order chi connectivity index (χ1) is 9.06. The van der Waals surface area contributed by atoms with Crippen molar-refractivity contribution >= 4 is 11.0 Å². The van der Waals surface area contributed by atoms with E-state index in [1.807, 2.05) is 0 Å². The van der Waals surface area contributed by atoms with Crippen LogP contribution in [-0.2, 0) is 20.6 Å². The Morgan fingerprint density at radius 3 is 2.58 bits per heavy atom. The van der Waals surface area contributed by atoms with Gasteiger partial charge in [-0.3, -0.25) is 18.6 Å². The molecule has 0 atom stereocenters. The van der Waals surface area contributed by atoms with E-state index in [0.29, 0.717) is 17.6 Å². The summed E-state index contributed by atoms with van der Waals surface area (Å²) >= 11 is 0. The molecule has 0 saturated carbocycles. The normalized spacial score (nSPS) is 11.3. The molecule has 19 heavy (non-hydrogen) atoms. The lowest BCUT2D eigenvalue weighted by molar-refractivity contribution is 0.540. The molecule has 0 spiro atoms. The van der Waals surface area contributed by atoms with Gasteiger partial charge in [-0.05, 0) is 6.42 Å². The molecule has 0 aliphatic heterocycles. The zero-order chi connectivity index (χ0) is 14.0. The summed E-state index contributed by atoms with van der Waals surface area (Å²) in [6.45, 7) is 2.61. The van der Waals surface area contributed by atoms with Gasteiger partial charge in [0, 0.05) is 26.8 Å². The van der Waals surface area contributed by atoms with Crippen LogP contribution in [0.25, 0.3) is 11.0 Å². The van der Waals surface area contributed by atoms with Gasteiger partial charge < -0.3 is 0 Å². The van der Waals surface area contributed by atoms with Crippen LogP contribution in [0, 0.1) is 0 Å². The number of aryl methyl sites for hydroxylation is 2. The first-order valence-electron chi connectivity index (χ1n) is 6.69. The van der Waals surface area contributed by atoms with Crippen molar-refractivity contribution in [1.29, 1.82) is 0 Å². The summed E-state index contributed by atoms with van der Waals surface area (Å²) < 4.78 is 4.32. The average molecular weight is 264 g/mol. The molecular formula is C13H20N4O2. The van der Waals surface area contributed by atoms with Gasteiger partial charge in [0.1, 0.15) is 5.39 Å². The van der Waals surface area contributed by atoms with Crippen LogP contribution < -0.4 is 11.2 Å². The number of hydrogen-bond acceptors (Lipinski definition) is 3. The van der Waals surface area contributed by atoms with Gasteiger partial charge in [-0.1, -0.05) is 26.2 Å². The monoisotopic (exact) mass is 264 g/mol. The fourth-order valence-corrected chi connectivity index (χ4v) is 2.27. The standard InChI is InChI=1S/C13H20N4O2/c1-4-5-6-7-8-17-12(18)10-9-15(2)14-11(10)16(3)13(17)19/h9H,4-8H2,1-3H3. The average Bonchev–Trinajstić information content (AvgIpc) is 2.78. The Kier molecular flexibility index (Phi) is 3.87. The third-order valence-corrected chi connectivity index (χ3v) is 3.36. The highest BCUT2D eigenvalue weighted by Gasteiger charge is 2.13. The smallest absolute Gasteiger partial charge is 0.279 e. The highest BCUT2D eigenvalue weighted by molar-refractivity contribution is 5.72. The fourth-order valence-electron chi connectivity index (χ4n) is 2.27. The van der Waals surface area contributed by atoms with Crippen molar-refractivity contribution in [2.45, 2.75) is 39.2 Å². The Morgan fingerprint density at radius 1 is 1.16 bits per heavy atom. The molecule has 2 aromatic rings. The Hall–Kier alpha value is -1.85. The van der Waals surface area contributed by atoms with Crippen molar-refractivity contribution < 1.29 is 0 Å². The summed E-state index contributed by atoms with van der Waals surface area (Å²) in [5, 5.41) is 4.65. The number of rotatable bonds is 5. The molecular weight excluding hydrogens is 244 g/mol. The summed E-state index contributed by atoms with van der Waals surface area (Å²) in [5.74, 6) is 0. The molecule has 6 nitrogen and oxygen atoms in total. The minimum Gasteiger partial charge on any atom is -0.279 e. The summed E-state index contributed by atoms with van der Waals surface area (Å²) in [4.78, 5) is 24.4. The van der Waals surface area contributed by atoms with E-state index in [4.69, 9.17) is 0 Å². The predicted molar refractivity (Wildman–Crippen MR) is 74.4 cm³/mol. The lowest BCUT2D eigenvalue weighted by Gasteiger charge is -2.07. The molecule has 0 aromatic carbocycles. The largest absolute Gasteiger partial charge is 0.332 e. The summed E-state index contributed by atoms with van der Waals surface area (Å²) in [6, 6.07) is 0. The maximum atomic E-state index is 12.3. The van der Waals surface area contributed by atoms with Gasteiger partial charge in [0.2, 0.25) is 0 Å². The predicted octanol–water partition coefficient (Wildman–Crippen LogP) is 1.01. The van der Waals surface area contributed by atoms with Crippen LogP contribution in [0.2, 0.25) is 0 Å². The molecule has 104 valence electrons. The van der Waals surface area contributed by atoms with E-state index in [9.17, 15) is 9.59 Å². The molecule has 2 rings (SSSR count). The van der Waals surface area contributed by atoms with E-state index in [1.165, 1.54) is 9.13 Å². The number of fused-ring (bicyclic) bond motifs is 1. The SMILES string of the molecule is CCCCCCn1c(=O)c2cn(C)nc2n(C)c1=O. The molecule has 0 N–H and O–H groups in total. The molecule has 2 aromatic heterocycles. The van der Waals surface area contributed by atoms with E-state index >= 15 is 0 Å². The minimum atomic E-state index is -0.285. The minimum absolute atomic E-state index is 0.234. The van der Waals surface area contributed by atoms with Crippen molar-refractivity contribution in [3.63, 3.8) is 0 Å². The highest BCUT2D eigenvalue weighted by Crippen LogP contribution is 2.04. The maximum Gasteiger partial charge on any atom is 0.332 e. The van der Waals surface area contributed by atoms with Crippen LogP contribution in [-0.4, -0.2) is 18.9 Å². The zero-order valence-electron chi connectivity index (χ0n) is 11.7. The molecule has 2 heterocycles. The first-order valence-corrected chi connectivity index (χ1v) is 6.69. The lowest BCUT2D eigenvalue weighted by Crippen LogP contribution is -2.38. The van der Waals surface area contributed by atoms with Crippen molar-refractivity contribution in [2.24, 2.45) is 14.1 Å². The van der Waals surface area contributed by atoms with Gasteiger partial charge in [0.15, 0.2) is 5.65 Å². The van der Waals surface area contributed by atoms with Gasteiger partial charge >= 0.3 is 5.69 Å². The Bertz CT molecular complexity index is 693. The summed E-state index contributed by atoms with van der Waals surface area (Å²) in [5.41, 5.74) is -0.0716. The van der Waals surface area contributed by atoms with Crippen molar-refractivity contribution in [2.75, 3.05) is 0 Å². The second kappa shape index (κ2) is 5.42. The Labute approximate surface area is 111 Å². The van der Waals surface area contributed by atoms with Crippen molar-refractivity contribution in [1.82, 2.24) is 18.9 Å². The molecule has 0 bridgehead atoms. The van der Waals surface area contributed by atoms with E-state index in [0.717, 1.165) is 25.7 Å². The number of hydrogen-bond donors (Lipinski definition) is 0. The molecule has 0 saturated heterocycles. The van der Waals surface area contributed by atoms with Crippen LogP contribution >= 0.6 is 0 Å².